The van der Waals surface area contributed by atoms with Crippen molar-refractivity contribution in [2.45, 2.75) is 44.3 Å². The summed E-state index contributed by atoms with van der Waals surface area (Å²) in [6.07, 6.45) is 4.42. The quantitative estimate of drug-likeness (QED) is 0.471. The number of likely N-dealkylation sites (tertiary alicyclic amines) is 1. The molecule has 2 N–H and O–H groups in total. The number of rotatable bonds is 6. The molecular formula is C26H29ClFN5O3. The molecule has 1 spiro atoms. The van der Waals surface area contributed by atoms with Gasteiger partial charge in [-0.2, -0.15) is 0 Å². The third-order valence-electron chi connectivity index (χ3n) is 6.88. The molecule has 1 aromatic heterocycles. The van der Waals surface area contributed by atoms with Crippen LogP contribution in [-0.4, -0.2) is 59.2 Å². The first-order valence-electron chi connectivity index (χ1n) is 12.1. The zero-order chi connectivity index (χ0) is 25.3. The van der Waals surface area contributed by atoms with Crippen LogP contribution in [0.15, 0.2) is 36.7 Å². The summed E-state index contributed by atoms with van der Waals surface area (Å²) in [7, 11) is 2.13. The average Bonchev–Trinajstić information content (AvgIpc) is 3.26. The molecule has 0 radical (unpaired) electrons. The maximum absolute atomic E-state index is 13.6. The second-order valence-corrected chi connectivity index (χ2v) is 9.89. The van der Waals surface area contributed by atoms with E-state index in [-0.39, 0.29) is 22.6 Å². The van der Waals surface area contributed by atoms with E-state index in [0.717, 1.165) is 32.4 Å². The lowest BCUT2D eigenvalue weighted by Crippen LogP contribution is -2.42. The van der Waals surface area contributed by atoms with Gasteiger partial charge in [0.25, 0.3) is 0 Å². The predicted molar refractivity (Wildman–Crippen MR) is 138 cm³/mol. The first-order chi connectivity index (χ1) is 17.3. The van der Waals surface area contributed by atoms with Gasteiger partial charge in [-0.25, -0.2) is 14.4 Å². The van der Waals surface area contributed by atoms with Crippen molar-refractivity contribution in [2.24, 2.45) is 0 Å². The summed E-state index contributed by atoms with van der Waals surface area (Å²) in [5.41, 5.74) is 1.61. The summed E-state index contributed by atoms with van der Waals surface area (Å²) in [5.74, 6) is 0.400. The van der Waals surface area contributed by atoms with Crippen molar-refractivity contribution in [3.8, 4) is 5.75 Å². The number of nitrogens with zero attached hydrogens (tertiary/aromatic N) is 3. The minimum absolute atomic E-state index is 0.00566. The Morgan fingerprint density at radius 2 is 2.08 bits per heavy atom. The molecule has 10 heteroatoms. The molecule has 2 aromatic carbocycles. The fourth-order valence-electron chi connectivity index (χ4n) is 4.76. The van der Waals surface area contributed by atoms with Crippen LogP contribution in [-0.2, 0) is 9.53 Å². The summed E-state index contributed by atoms with van der Waals surface area (Å²) in [5, 5.41) is 6.79. The molecule has 2 saturated heterocycles. The van der Waals surface area contributed by atoms with Crippen LogP contribution in [0, 0.1) is 5.82 Å². The van der Waals surface area contributed by atoms with Crippen LogP contribution >= 0.6 is 11.6 Å². The Morgan fingerprint density at radius 3 is 2.83 bits per heavy atom. The van der Waals surface area contributed by atoms with Crippen molar-refractivity contribution in [3.63, 3.8) is 0 Å². The standard InChI is InChI=1S/C26H29ClFN5O3/c1-3-24(34)32-22-11-18-21(29-15-30-25(18)31-16-4-5-20(28)19(27)10-16)12-23(22)36-17-13-26(35-14-17)6-8-33(2)9-7-26/h4-5,10-12,15,17H,3,6-9,13-14H2,1-2H3,(H,32,34)(H,29,30,31). The number of hydrogen-bond acceptors (Lipinski definition) is 7. The number of hydrogen-bond donors (Lipinski definition) is 2. The third-order valence-corrected chi connectivity index (χ3v) is 7.17. The van der Waals surface area contributed by atoms with Crippen molar-refractivity contribution in [3.05, 3.63) is 47.5 Å². The van der Waals surface area contributed by atoms with Crippen molar-refractivity contribution in [1.29, 1.82) is 0 Å². The van der Waals surface area contributed by atoms with Crippen molar-refractivity contribution < 1.29 is 18.7 Å². The van der Waals surface area contributed by atoms with Crippen LogP contribution < -0.4 is 15.4 Å². The number of carbonyl (C=O) groups excluding carboxylic acids is 1. The molecule has 1 unspecified atom stereocenters. The van der Waals surface area contributed by atoms with Gasteiger partial charge in [0, 0.05) is 43.1 Å². The maximum atomic E-state index is 13.6. The molecule has 3 heterocycles. The number of fused-ring (bicyclic) bond motifs is 1. The molecule has 3 aromatic rings. The number of amides is 1. The molecule has 1 atom stereocenters. The molecule has 1 amide bonds. The predicted octanol–water partition coefficient (Wildman–Crippen LogP) is 5.15. The maximum Gasteiger partial charge on any atom is 0.224 e. The van der Waals surface area contributed by atoms with Crippen LogP contribution in [0.1, 0.15) is 32.6 Å². The van der Waals surface area contributed by atoms with E-state index in [1.54, 1.807) is 19.1 Å². The molecule has 190 valence electrons. The zero-order valence-corrected chi connectivity index (χ0v) is 21.1. The van der Waals surface area contributed by atoms with Gasteiger partial charge in [-0.1, -0.05) is 18.5 Å². The van der Waals surface area contributed by atoms with Crippen molar-refractivity contribution in [2.75, 3.05) is 37.4 Å². The van der Waals surface area contributed by atoms with E-state index >= 15 is 0 Å². The molecule has 2 aliphatic heterocycles. The van der Waals surface area contributed by atoms with Gasteiger partial charge in [0.1, 0.15) is 29.8 Å². The first kappa shape index (κ1) is 24.7. The van der Waals surface area contributed by atoms with Gasteiger partial charge in [0.05, 0.1) is 28.4 Å². The van der Waals surface area contributed by atoms with Gasteiger partial charge in [-0.05, 0) is 44.2 Å². The van der Waals surface area contributed by atoms with E-state index in [0.29, 0.717) is 46.9 Å². The largest absolute Gasteiger partial charge is 0.486 e. The van der Waals surface area contributed by atoms with Crippen LogP contribution in [0.3, 0.4) is 0 Å². The van der Waals surface area contributed by atoms with E-state index in [1.807, 2.05) is 6.07 Å². The highest BCUT2D eigenvalue weighted by Crippen LogP contribution is 2.40. The second kappa shape index (κ2) is 10.2. The van der Waals surface area contributed by atoms with Gasteiger partial charge >= 0.3 is 0 Å². The van der Waals surface area contributed by atoms with Crippen LogP contribution in [0.5, 0.6) is 5.75 Å². The summed E-state index contributed by atoms with van der Waals surface area (Å²) < 4.78 is 26.2. The van der Waals surface area contributed by atoms with Crippen LogP contribution in [0.2, 0.25) is 5.02 Å². The number of aromatic nitrogens is 2. The minimum atomic E-state index is -0.501. The molecule has 2 aliphatic rings. The number of nitrogens with one attached hydrogen (secondary N) is 2. The summed E-state index contributed by atoms with van der Waals surface area (Å²) in [4.78, 5) is 23.4. The molecule has 8 nitrogen and oxygen atoms in total. The van der Waals surface area contributed by atoms with Gasteiger partial charge < -0.3 is 25.0 Å². The fourth-order valence-corrected chi connectivity index (χ4v) is 4.94. The summed E-state index contributed by atoms with van der Waals surface area (Å²) in [6, 6.07) is 7.96. The Hall–Kier alpha value is -3.01. The second-order valence-electron chi connectivity index (χ2n) is 9.48. The number of ether oxygens (including phenoxy) is 2. The number of benzene rings is 2. The van der Waals surface area contributed by atoms with E-state index in [2.05, 4.69) is 32.5 Å². The highest BCUT2D eigenvalue weighted by atomic mass is 35.5. The topological polar surface area (TPSA) is 88.6 Å². The Bertz CT molecular complexity index is 1280. The van der Waals surface area contributed by atoms with Crippen molar-refractivity contribution in [1.82, 2.24) is 14.9 Å². The SMILES string of the molecule is CCC(=O)Nc1cc2c(Nc3ccc(F)c(Cl)c3)ncnc2cc1OC1COC2(CCN(C)CC2)C1. The Kier molecular flexibility index (Phi) is 6.96. The highest BCUT2D eigenvalue weighted by molar-refractivity contribution is 6.31. The van der Waals surface area contributed by atoms with Gasteiger partial charge in [-0.15, -0.1) is 0 Å². The molecule has 2 fully saturated rings. The Labute approximate surface area is 214 Å². The van der Waals surface area contributed by atoms with E-state index in [1.165, 1.54) is 18.5 Å². The zero-order valence-electron chi connectivity index (χ0n) is 20.3. The Balaban J connectivity index is 1.44. The average molecular weight is 514 g/mol. The molecule has 0 bridgehead atoms. The third kappa shape index (κ3) is 5.23. The Morgan fingerprint density at radius 1 is 1.28 bits per heavy atom. The van der Waals surface area contributed by atoms with E-state index in [9.17, 15) is 9.18 Å². The van der Waals surface area contributed by atoms with E-state index in [4.69, 9.17) is 21.1 Å². The lowest BCUT2D eigenvalue weighted by molar-refractivity contribution is -0.115. The number of anilines is 3. The van der Waals surface area contributed by atoms with E-state index < -0.39 is 5.82 Å². The van der Waals surface area contributed by atoms with Gasteiger partial charge in [0.2, 0.25) is 5.91 Å². The minimum Gasteiger partial charge on any atom is -0.486 e. The summed E-state index contributed by atoms with van der Waals surface area (Å²) in [6.45, 7) is 4.31. The monoisotopic (exact) mass is 513 g/mol. The molecule has 0 saturated carbocycles. The molecule has 36 heavy (non-hydrogen) atoms. The van der Waals surface area contributed by atoms with Gasteiger partial charge in [0.15, 0.2) is 0 Å². The fraction of sp³-hybridized carbons (Fsp3) is 0.423. The molecule has 5 rings (SSSR count). The lowest BCUT2D eigenvalue weighted by atomic mass is 9.88. The van der Waals surface area contributed by atoms with Crippen LogP contribution in [0.25, 0.3) is 10.9 Å². The number of carbonyl (C=O) groups is 1. The lowest BCUT2D eigenvalue weighted by Gasteiger charge is -2.36. The van der Waals surface area contributed by atoms with Gasteiger partial charge in [-0.3, -0.25) is 4.79 Å². The number of piperidine rings is 1. The molecule has 0 aliphatic carbocycles. The normalized spacial score (nSPS) is 19.5. The van der Waals surface area contributed by atoms with Crippen molar-refractivity contribution >= 4 is 45.6 Å². The first-order valence-corrected chi connectivity index (χ1v) is 12.5. The number of halogens is 2. The highest BCUT2D eigenvalue weighted by Gasteiger charge is 2.43. The smallest absolute Gasteiger partial charge is 0.224 e. The molecular weight excluding hydrogens is 485 g/mol. The van der Waals surface area contributed by atoms with Crippen LogP contribution in [0.4, 0.5) is 21.6 Å². The summed E-state index contributed by atoms with van der Waals surface area (Å²) >= 11 is 5.94.